The summed E-state index contributed by atoms with van der Waals surface area (Å²) in [7, 11) is -7.85. The predicted octanol–water partition coefficient (Wildman–Crippen LogP) is -11.9. The number of nitrogens with two attached hydrogens (primary N) is 2. The minimum atomic E-state index is -4.90. The van der Waals surface area contributed by atoms with Crippen molar-refractivity contribution in [3.63, 3.8) is 0 Å². The standard InChI is InChI=1S/2C4H10N3O5P.2Na/c2*1-7(4(5)6)2(3(8)9)13(10,11)12;;/h2*2H,1H3,(H3,5,6)(H,8,9)(H2,10,11,12);;/q;;2*+1/p-2. The number of carbonyl (C=O) groups is 2. The molecule has 0 bridgehead atoms. The summed E-state index contributed by atoms with van der Waals surface area (Å²) in [5, 5.41) is 34.1. The van der Waals surface area contributed by atoms with Crippen LogP contribution in [-0.4, -0.2) is 78.9 Å². The first-order valence-electron chi connectivity index (χ1n) is 6.01. The van der Waals surface area contributed by atoms with E-state index in [4.69, 9.17) is 41.9 Å². The van der Waals surface area contributed by atoms with Gasteiger partial charge in [0.1, 0.15) is 0 Å². The summed E-state index contributed by atoms with van der Waals surface area (Å²) in [5.41, 5.74) is 9.69. The van der Waals surface area contributed by atoms with Gasteiger partial charge in [-0.1, -0.05) is 0 Å². The van der Waals surface area contributed by atoms with E-state index in [0.29, 0.717) is 9.80 Å². The monoisotopic (exact) mass is 466 g/mol. The molecule has 28 heavy (non-hydrogen) atoms. The summed E-state index contributed by atoms with van der Waals surface area (Å²) < 4.78 is 21.2. The van der Waals surface area contributed by atoms with E-state index in [1.54, 1.807) is 0 Å². The largest absolute Gasteiger partial charge is 1.00 e. The second-order valence-corrected chi connectivity index (χ2v) is 7.89. The van der Waals surface area contributed by atoms with Crippen molar-refractivity contribution in [2.45, 2.75) is 11.6 Å². The van der Waals surface area contributed by atoms with Gasteiger partial charge < -0.3 is 60.6 Å². The molecule has 0 fully saturated rings. The van der Waals surface area contributed by atoms with Gasteiger partial charge in [0.05, 0.1) is 11.9 Å². The van der Waals surface area contributed by atoms with Crippen molar-refractivity contribution in [1.82, 2.24) is 9.80 Å². The molecule has 16 nitrogen and oxygen atoms in total. The number of carboxylic acid groups (broad SMARTS) is 2. The fourth-order valence-corrected chi connectivity index (χ4v) is 3.01. The van der Waals surface area contributed by atoms with Gasteiger partial charge in [-0.25, -0.2) is 0 Å². The van der Waals surface area contributed by atoms with Gasteiger partial charge in [-0.3, -0.25) is 19.9 Å². The molecule has 2 unspecified atom stereocenters. The van der Waals surface area contributed by atoms with Gasteiger partial charge in [0.15, 0.2) is 23.5 Å². The molecule has 0 rings (SSSR count). The van der Waals surface area contributed by atoms with Crippen LogP contribution < -0.4 is 80.8 Å². The van der Waals surface area contributed by atoms with E-state index in [1.165, 1.54) is 0 Å². The number of hydrogen-bond donors (Lipinski definition) is 8. The summed E-state index contributed by atoms with van der Waals surface area (Å²) in [6.07, 6.45) is 0. The minimum Gasteiger partial charge on any atom is -0.547 e. The van der Waals surface area contributed by atoms with Crippen molar-refractivity contribution < 1.29 is 108 Å². The van der Waals surface area contributed by atoms with Crippen molar-refractivity contribution >= 4 is 39.0 Å². The van der Waals surface area contributed by atoms with Crippen LogP contribution in [-0.2, 0) is 18.7 Å². The van der Waals surface area contributed by atoms with Crippen LogP contribution in [0.4, 0.5) is 0 Å². The quantitative estimate of drug-likeness (QED) is 0.0780. The number of guanidine groups is 2. The van der Waals surface area contributed by atoms with Crippen molar-refractivity contribution in [2.24, 2.45) is 11.5 Å². The summed E-state index contributed by atoms with van der Waals surface area (Å²) in [4.78, 5) is 55.7. The Bertz CT molecular complexity index is 612. The SMILES string of the molecule is CN(C(=N)N)C(C(=O)[O-])P(=O)(O)O.CN(C(=N)N)C(C(=O)[O-])P(=O)(O)O.[Na+].[Na+]. The van der Waals surface area contributed by atoms with Gasteiger partial charge in [-0.2, -0.15) is 0 Å². The van der Waals surface area contributed by atoms with E-state index >= 15 is 0 Å². The molecule has 0 spiro atoms. The average Bonchev–Trinajstić information content (AvgIpc) is 2.34. The van der Waals surface area contributed by atoms with Gasteiger partial charge in [0, 0.05) is 14.1 Å². The van der Waals surface area contributed by atoms with Gasteiger partial charge in [0.2, 0.25) is 0 Å². The molecular formula is C8H18N6Na2O10P2. The Morgan fingerprint density at radius 2 is 1.00 bits per heavy atom. The molecule has 0 heterocycles. The molecule has 152 valence electrons. The molecule has 0 saturated carbocycles. The molecule has 10 N–H and O–H groups in total. The first-order chi connectivity index (χ1) is 11.4. The molecule has 0 saturated heterocycles. The molecule has 2 atom stereocenters. The summed E-state index contributed by atoms with van der Waals surface area (Å²) in [6.45, 7) is 0. The minimum absolute atomic E-state index is 0. The first-order valence-corrected chi connectivity index (χ1v) is 9.37. The van der Waals surface area contributed by atoms with E-state index in [2.05, 4.69) is 0 Å². The Labute approximate surface area is 203 Å². The van der Waals surface area contributed by atoms with Crippen LogP contribution in [0.3, 0.4) is 0 Å². The molecule has 0 aromatic heterocycles. The van der Waals surface area contributed by atoms with Gasteiger partial charge in [-0.05, 0) is 0 Å². The van der Waals surface area contributed by atoms with E-state index < -0.39 is 50.6 Å². The van der Waals surface area contributed by atoms with Crippen LogP contribution in [0, 0.1) is 10.8 Å². The Balaban J connectivity index is -0.000000192. The fourth-order valence-electron chi connectivity index (χ4n) is 1.31. The zero-order valence-electron chi connectivity index (χ0n) is 15.3. The van der Waals surface area contributed by atoms with E-state index in [-0.39, 0.29) is 59.1 Å². The predicted molar refractivity (Wildman–Crippen MR) is 81.0 cm³/mol. The van der Waals surface area contributed by atoms with E-state index in [1.807, 2.05) is 0 Å². The number of nitrogens with one attached hydrogen (secondary N) is 2. The maximum Gasteiger partial charge on any atom is 1.00 e. The maximum atomic E-state index is 10.6. The molecule has 0 aliphatic carbocycles. The third-order valence-corrected chi connectivity index (χ3v) is 4.94. The molecular weight excluding hydrogens is 448 g/mol. The second-order valence-electron chi connectivity index (χ2n) is 4.56. The number of hydrogen-bond acceptors (Lipinski definition) is 8. The normalized spacial score (nSPS) is 12.5. The third-order valence-electron chi connectivity index (χ3n) is 2.55. The second kappa shape index (κ2) is 13.9. The number of aliphatic carboxylic acids is 2. The Morgan fingerprint density at radius 1 is 0.821 bits per heavy atom. The molecule has 0 aliphatic rings. The molecule has 0 amide bonds. The van der Waals surface area contributed by atoms with Crippen LogP contribution in [0.2, 0.25) is 0 Å². The number of rotatable bonds is 6. The van der Waals surface area contributed by atoms with Crippen LogP contribution in [0.1, 0.15) is 0 Å². The van der Waals surface area contributed by atoms with Gasteiger partial charge >= 0.3 is 74.3 Å². The van der Waals surface area contributed by atoms with Crippen molar-refractivity contribution in [3.8, 4) is 0 Å². The Hall–Kier alpha value is -0.220. The molecule has 20 heteroatoms. The summed E-state index contributed by atoms with van der Waals surface area (Å²) >= 11 is 0. The third kappa shape index (κ3) is 12.4. The molecule has 0 radical (unpaired) electrons. The van der Waals surface area contributed by atoms with Crippen molar-refractivity contribution in [2.75, 3.05) is 14.1 Å². The van der Waals surface area contributed by atoms with E-state index in [9.17, 15) is 28.9 Å². The number of nitrogens with zero attached hydrogens (tertiary/aromatic N) is 2. The van der Waals surface area contributed by atoms with Crippen LogP contribution in [0.15, 0.2) is 0 Å². The van der Waals surface area contributed by atoms with Crippen molar-refractivity contribution in [3.05, 3.63) is 0 Å². The zero-order valence-corrected chi connectivity index (χ0v) is 21.1. The van der Waals surface area contributed by atoms with Crippen molar-refractivity contribution in [1.29, 1.82) is 10.8 Å². The molecule has 0 aromatic rings. The zero-order chi connectivity index (χ0) is 21.6. The average molecular weight is 466 g/mol. The maximum absolute atomic E-state index is 10.6. The Kier molecular flexibility index (Phi) is 17.5. The smallest absolute Gasteiger partial charge is 0.547 e. The number of carbonyl (C=O) groups excluding carboxylic acids is 2. The molecule has 0 aliphatic heterocycles. The van der Waals surface area contributed by atoms with Crippen LogP contribution in [0.5, 0.6) is 0 Å². The van der Waals surface area contributed by atoms with Crippen LogP contribution in [0.25, 0.3) is 0 Å². The van der Waals surface area contributed by atoms with Crippen LogP contribution >= 0.6 is 15.2 Å². The van der Waals surface area contributed by atoms with Gasteiger partial charge in [-0.15, -0.1) is 0 Å². The van der Waals surface area contributed by atoms with Gasteiger partial charge in [0.25, 0.3) is 0 Å². The summed E-state index contributed by atoms with van der Waals surface area (Å²) in [6, 6.07) is 0. The number of likely N-dealkylation sites (N-methyl/N-ethyl adjacent to an activating group) is 2. The Morgan fingerprint density at radius 3 is 1.04 bits per heavy atom. The first kappa shape index (κ1) is 35.2. The summed E-state index contributed by atoms with van der Waals surface area (Å²) in [5.74, 6) is -9.93. The molecule has 0 aromatic carbocycles. The van der Waals surface area contributed by atoms with E-state index in [0.717, 1.165) is 14.1 Å². The number of carboxylic acids is 2. The fraction of sp³-hybridized carbons (Fsp3) is 0.500. The topological polar surface area (TPSA) is 302 Å².